The topological polar surface area (TPSA) is 24.1 Å². The number of hydrogen-bond donors (Lipinski definition) is 2. The van der Waals surface area contributed by atoms with Crippen molar-refractivity contribution >= 4 is 5.69 Å². The van der Waals surface area contributed by atoms with Gasteiger partial charge >= 0.3 is 0 Å². The van der Waals surface area contributed by atoms with Crippen molar-refractivity contribution in [2.24, 2.45) is 0 Å². The molecular weight excluding hydrogens is 268 g/mol. The highest BCUT2D eigenvalue weighted by atomic mass is 14.9. The van der Waals surface area contributed by atoms with Crippen molar-refractivity contribution in [1.29, 1.82) is 0 Å². The molecule has 4 rings (SSSR count). The minimum absolute atomic E-state index is 0.750. The van der Waals surface area contributed by atoms with Gasteiger partial charge in [-0.25, -0.2) is 0 Å². The van der Waals surface area contributed by atoms with Crippen LogP contribution >= 0.6 is 0 Å². The molecule has 0 spiro atoms. The number of nitrogens with one attached hydrogen (secondary N) is 2. The van der Waals surface area contributed by atoms with E-state index in [1.54, 1.807) is 0 Å². The summed E-state index contributed by atoms with van der Waals surface area (Å²) in [4.78, 5) is 0. The molecule has 0 radical (unpaired) electrons. The minimum Gasteiger partial charge on any atom is -0.385 e. The molecule has 116 valence electrons. The second kappa shape index (κ2) is 8.00. The quantitative estimate of drug-likeness (QED) is 0.823. The van der Waals surface area contributed by atoms with Crippen LogP contribution < -0.4 is 10.6 Å². The molecule has 0 aliphatic carbocycles. The van der Waals surface area contributed by atoms with Crippen LogP contribution in [0.3, 0.4) is 0 Å². The highest BCUT2D eigenvalue weighted by Gasteiger charge is 2.13. The van der Waals surface area contributed by atoms with E-state index in [0.29, 0.717) is 0 Å². The standard InChI is InChI=1S/C11H15N.C9H11N/c1-2-5-10(6-3-1)11-7-4-8-12-9-11;1-2-6-9-8(4-1)5-3-7-10-9/h1-3,5-6,11-12H,4,7-9H2;1-2,4,6,10H,3,5,7H2. The molecule has 22 heavy (non-hydrogen) atoms. The molecule has 2 aliphatic heterocycles. The Morgan fingerprint density at radius 1 is 0.818 bits per heavy atom. The number of hydrogen-bond acceptors (Lipinski definition) is 2. The van der Waals surface area contributed by atoms with Gasteiger partial charge < -0.3 is 10.6 Å². The molecule has 2 heterocycles. The van der Waals surface area contributed by atoms with Crippen LogP contribution in [0.25, 0.3) is 0 Å². The molecule has 1 fully saturated rings. The zero-order valence-electron chi connectivity index (χ0n) is 13.2. The van der Waals surface area contributed by atoms with Gasteiger partial charge in [0.15, 0.2) is 0 Å². The van der Waals surface area contributed by atoms with Crippen molar-refractivity contribution in [2.75, 3.05) is 25.0 Å². The Kier molecular flexibility index (Phi) is 5.49. The fourth-order valence-electron chi connectivity index (χ4n) is 3.27. The van der Waals surface area contributed by atoms with Gasteiger partial charge in [0, 0.05) is 18.8 Å². The third-order valence-electron chi connectivity index (χ3n) is 4.52. The molecule has 2 N–H and O–H groups in total. The van der Waals surface area contributed by atoms with Crippen molar-refractivity contribution in [2.45, 2.75) is 31.6 Å². The maximum Gasteiger partial charge on any atom is 0.0372 e. The summed E-state index contributed by atoms with van der Waals surface area (Å²) in [6, 6.07) is 19.3. The maximum absolute atomic E-state index is 3.43. The zero-order valence-corrected chi connectivity index (χ0v) is 13.2. The smallest absolute Gasteiger partial charge is 0.0372 e. The molecule has 2 aromatic rings. The summed E-state index contributed by atoms with van der Waals surface area (Å²) in [7, 11) is 0. The van der Waals surface area contributed by atoms with Crippen LogP contribution in [0, 0.1) is 0 Å². The van der Waals surface area contributed by atoms with E-state index in [-0.39, 0.29) is 0 Å². The van der Waals surface area contributed by atoms with Crippen molar-refractivity contribution < 1.29 is 0 Å². The number of fused-ring (bicyclic) bond motifs is 1. The van der Waals surface area contributed by atoms with Crippen LogP contribution in [0.5, 0.6) is 0 Å². The molecule has 0 saturated carbocycles. The van der Waals surface area contributed by atoms with Crippen molar-refractivity contribution in [1.82, 2.24) is 5.32 Å². The van der Waals surface area contributed by atoms with Gasteiger partial charge in [0.25, 0.3) is 0 Å². The van der Waals surface area contributed by atoms with Gasteiger partial charge in [0.1, 0.15) is 0 Å². The Labute approximate surface area is 134 Å². The highest BCUT2D eigenvalue weighted by Crippen LogP contribution is 2.22. The van der Waals surface area contributed by atoms with Crippen LogP contribution in [0.15, 0.2) is 54.6 Å². The Bertz CT molecular complexity index is 534. The van der Waals surface area contributed by atoms with Crippen LogP contribution in [-0.4, -0.2) is 19.6 Å². The average molecular weight is 294 g/mol. The summed E-state index contributed by atoms with van der Waals surface area (Å²) in [6.07, 6.45) is 5.18. The van der Waals surface area contributed by atoms with E-state index in [4.69, 9.17) is 0 Å². The predicted octanol–water partition coefficient (Wildman–Crippen LogP) is 4.20. The number of aryl methyl sites for hydroxylation is 1. The number of para-hydroxylation sites is 1. The lowest BCUT2D eigenvalue weighted by Gasteiger charge is -2.22. The highest BCUT2D eigenvalue weighted by molar-refractivity contribution is 5.52. The van der Waals surface area contributed by atoms with Crippen LogP contribution in [0.2, 0.25) is 0 Å². The second-order valence-electron chi connectivity index (χ2n) is 6.14. The summed E-state index contributed by atoms with van der Waals surface area (Å²) in [5.74, 6) is 0.750. The number of benzene rings is 2. The summed E-state index contributed by atoms with van der Waals surface area (Å²) < 4.78 is 0. The predicted molar refractivity (Wildman–Crippen MR) is 94.5 cm³/mol. The Morgan fingerprint density at radius 3 is 2.41 bits per heavy atom. The van der Waals surface area contributed by atoms with Gasteiger partial charge in [0.2, 0.25) is 0 Å². The van der Waals surface area contributed by atoms with Gasteiger partial charge in [-0.15, -0.1) is 0 Å². The van der Waals surface area contributed by atoms with Gasteiger partial charge in [-0.2, -0.15) is 0 Å². The lowest BCUT2D eigenvalue weighted by Crippen LogP contribution is -2.28. The molecule has 2 nitrogen and oxygen atoms in total. The lowest BCUT2D eigenvalue weighted by molar-refractivity contribution is 0.461. The first-order valence-corrected chi connectivity index (χ1v) is 8.51. The third-order valence-corrected chi connectivity index (χ3v) is 4.52. The molecule has 1 unspecified atom stereocenters. The first-order chi connectivity index (χ1) is 10.9. The molecule has 0 bridgehead atoms. The monoisotopic (exact) mass is 294 g/mol. The van der Waals surface area contributed by atoms with E-state index in [0.717, 1.165) is 19.0 Å². The summed E-state index contributed by atoms with van der Waals surface area (Å²) in [6.45, 7) is 3.49. The molecule has 1 saturated heterocycles. The van der Waals surface area contributed by atoms with Crippen molar-refractivity contribution in [3.8, 4) is 0 Å². The fraction of sp³-hybridized carbons (Fsp3) is 0.400. The maximum atomic E-state index is 3.43. The lowest BCUT2D eigenvalue weighted by atomic mass is 9.92. The summed E-state index contributed by atoms with van der Waals surface area (Å²) in [5, 5.41) is 6.80. The van der Waals surface area contributed by atoms with E-state index in [1.165, 1.54) is 49.0 Å². The number of piperidine rings is 1. The van der Waals surface area contributed by atoms with Crippen LogP contribution in [0.1, 0.15) is 36.3 Å². The normalized spacial score (nSPS) is 20.1. The van der Waals surface area contributed by atoms with Crippen LogP contribution in [-0.2, 0) is 6.42 Å². The first kappa shape index (κ1) is 15.1. The van der Waals surface area contributed by atoms with E-state index >= 15 is 0 Å². The Hall–Kier alpha value is -1.80. The van der Waals surface area contributed by atoms with Gasteiger partial charge in [-0.3, -0.25) is 0 Å². The van der Waals surface area contributed by atoms with Gasteiger partial charge in [-0.05, 0) is 55.3 Å². The molecule has 0 amide bonds. The fourth-order valence-corrected chi connectivity index (χ4v) is 3.27. The Morgan fingerprint density at radius 2 is 1.64 bits per heavy atom. The summed E-state index contributed by atoms with van der Waals surface area (Å²) in [5.41, 5.74) is 4.28. The van der Waals surface area contributed by atoms with Gasteiger partial charge in [0.05, 0.1) is 0 Å². The minimum atomic E-state index is 0.750. The molecule has 2 aliphatic rings. The number of anilines is 1. The Balaban J connectivity index is 0.000000133. The number of rotatable bonds is 1. The van der Waals surface area contributed by atoms with E-state index in [1.807, 2.05) is 0 Å². The van der Waals surface area contributed by atoms with E-state index in [2.05, 4.69) is 65.2 Å². The largest absolute Gasteiger partial charge is 0.385 e. The van der Waals surface area contributed by atoms with Gasteiger partial charge in [-0.1, -0.05) is 48.5 Å². The van der Waals surface area contributed by atoms with E-state index in [9.17, 15) is 0 Å². The van der Waals surface area contributed by atoms with Crippen molar-refractivity contribution in [3.05, 3.63) is 65.7 Å². The molecule has 0 aromatic heterocycles. The van der Waals surface area contributed by atoms with Crippen molar-refractivity contribution in [3.63, 3.8) is 0 Å². The van der Waals surface area contributed by atoms with Crippen LogP contribution in [0.4, 0.5) is 5.69 Å². The van der Waals surface area contributed by atoms with E-state index < -0.39 is 0 Å². The average Bonchev–Trinajstić information content (AvgIpc) is 2.64. The molecule has 2 heteroatoms. The first-order valence-electron chi connectivity index (χ1n) is 8.51. The summed E-state index contributed by atoms with van der Waals surface area (Å²) >= 11 is 0. The second-order valence-corrected chi connectivity index (χ2v) is 6.14. The zero-order chi connectivity index (χ0) is 15.0. The molecular formula is C20H26N2. The third kappa shape index (κ3) is 4.11. The SMILES string of the molecule is c1ccc(C2CCCNC2)cc1.c1ccc2c(c1)CCCN2. The molecule has 1 atom stereocenters. The molecule has 2 aromatic carbocycles.